The predicted molar refractivity (Wildman–Crippen MR) is 111 cm³/mol. The van der Waals surface area contributed by atoms with Gasteiger partial charge < -0.3 is 9.88 Å². The first-order valence-corrected chi connectivity index (χ1v) is 11.4. The van der Waals surface area contributed by atoms with Gasteiger partial charge in [0.05, 0.1) is 28.2 Å². The zero-order valence-corrected chi connectivity index (χ0v) is 17.3. The number of aryl methyl sites for hydroxylation is 1. The van der Waals surface area contributed by atoms with E-state index < -0.39 is 15.9 Å². The van der Waals surface area contributed by atoms with Crippen molar-refractivity contribution in [3.8, 4) is 11.3 Å². The van der Waals surface area contributed by atoms with Crippen LogP contribution in [0.15, 0.2) is 41.4 Å². The minimum Gasteiger partial charge on any atom is -0.365 e. The van der Waals surface area contributed by atoms with Crippen molar-refractivity contribution in [3.63, 3.8) is 0 Å². The summed E-state index contributed by atoms with van der Waals surface area (Å²) in [4.78, 5) is 9.50. The molecule has 0 aliphatic carbocycles. The molecular formula is C21H22F2N4O2S. The summed E-state index contributed by atoms with van der Waals surface area (Å²) in [5.74, 6) is -2.75. The second-order valence-electron chi connectivity index (χ2n) is 8.09. The van der Waals surface area contributed by atoms with Gasteiger partial charge in [0.15, 0.2) is 0 Å². The molecule has 0 unspecified atom stereocenters. The summed E-state index contributed by atoms with van der Waals surface area (Å²) in [5.41, 5.74) is 4.39. The highest BCUT2D eigenvalue weighted by atomic mass is 32.2. The van der Waals surface area contributed by atoms with Gasteiger partial charge in [-0.25, -0.2) is 17.2 Å². The third kappa shape index (κ3) is 3.26. The van der Waals surface area contributed by atoms with Gasteiger partial charge in [-0.3, -0.25) is 4.98 Å². The Morgan fingerprint density at radius 2 is 1.93 bits per heavy atom. The molecule has 2 aliphatic rings. The molecule has 2 fully saturated rings. The quantitative estimate of drug-likeness (QED) is 0.681. The third-order valence-corrected chi connectivity index (χ3v) is 7.72. The van der Waals surface area contributed by atoms with Gasteiger partial charge >= 0.3 is 0 Å². The predicted octanol–water partition coefficient (Wildman–Crippen LogP) is 3.78. The standard InChI is InChI=1S/C21H22F2N4O2S/c1-14-9-19-18(24-12-14)11-17(25-19)16-10-15(30(28,29)27-6-2-7-27)3-4-20(16)26-8-5-21(22,23)13-26/h3-4,9-12,25H,2,5-8,13H2,1H3. The average Bonchev–Trinajstić information content (AvgIpc) is 3.21. The number of hydrogen-bond acceptors (Lipinski definition) is 4. The maximum absolute atomic E-state index is 13.9. The summed E-state index contributed by atoms with van der Waals surface area (Å²) in [5, 5.41) is 0. The molecular weight excluding hydrogens is 410 g/mol. The fourth-order valence-electron chi connectivity index (χ4n) is 4.04. The van der Waals surface area contributed by atoms with Crippen LogP contribution in [0.2, 0.25) is 0 Å². The van der Waals surface area contributed by atoms with Crippen molar-refractivity contribution in [2.75, 3.05) is 31.1 Å². The molecule has 0 amide bonds. The van der Waals surface area contributed by atoms with Crippen molar-refractivity contribution >= 4 is 26.7 Å². The lowest BCUT2D eigenvalue weighted by molar-refractivity contribution is 0.0257. The van der Waals surface area contributed by atoms with Crippen LogP contribution in [0.5, 0.6) is 0 Å². The molecule has 30 heavy (non-hydrogen) atoms. The lowest BCUT2D eigenvalue weighted by Gasteiger charge is -2.30. The van der Waals surface area contributed by atoms with Crippen LogP contribution in [-0.4, -0.2) is 54.8 Å². The van der Waals surface area contributed by atoms with Crippen LogP contribution in [0.3, 0.4) is 0 Å². The molecule has 9 heteroatoms. The van der Waals surface area contributed by atoms with Crippen molar-refractivity contribution in [1.29, 1.82) is 0 Å². The lowest BCUT2D eigenvalue weighted by atomic mass is 10.1. The molecule has 3 aromatic rings. The molecule has 0 spiro atoms. The monoisotopic (exact) mass is 432 g/mol. The van der Waals surface area contributed by atoms with E-state index in [-0.39, 0.29) is 24.4 Å². The molecule has 6 nitrogen and oxygen atoms in total. The molecule has 2 saturated heterocycles. The molecule has 1 aromatic carbocycles. The van der Waals surface area contributed by atoms with Gasteiger partial charge in [0.2, 0.25) is 10.0 Å². The van der Waals surface area contributed by atoms with E-state index in [1.807, 2.05) is 19.1 Å². The van der Waals surface area contributed by atoms with Crippen molar-refractivity contribution in [2.24, 2.45) is 0 Å². The Bertz CT molecular complexity index is 1240. The van der Waals surface area contributed by atoms with Gasteiger partial charge in [0.1, 0.15) is 0 Å². The first-order valence-electron chi connectivity index (χ1n) is 9.96. The first kappa shape index (κ1) is 19.4. The van der Waals surface area contributed by atoms with Gasteiger partial charge in [-0.2, -0.15) is 4.31 Å². The molecule has 5 rings (SSSR count). The summed E-state index contributed by atoms with van der Waals surface area (Å²) in [6.45, 7) is 2.79. The number of H-pyrrole nitrogens is 1. The molecule has 2 aromatic heterocycles. The molecule has 158 valence electrons. The molecule has 0 atom stereocenters. The zero-order chi connectivity index (χ0) is 21.1. The number of hydrogen-bond donors (Lipinski definition) is 1. The minimum absolute atomic E-state index is 0.176. The second-order valence-corrected chi connectivity index (χ2v) is 10.0. The Balaban J connectivity index is 1.65. The molecule has 0 radical (unpaired) electrons. The van der Waals surface area contributed by atoms with Crippen LogP contribution >= 0.6 is 0 Å². The Kier molecular flexibility index (Phi) is 4.37. The molecule has 4 heterocycles. The highest BCUT2D eigenvalue weighted by Crippen LogP contribution is 2.39. The topological polar surface area (TPSA) is 69.3 Å². The normalized spacial score (nSPS) is 19.4. The van der Waals surface area contributed by atoms with Crippen molar-refractivity contribution in [1.82, 2.24) is 14.3 Å². The SMILES string of the molecule is Cc1cnc2cc(-c3cc(S(=O)(=O)N4CCC4)ccc3N3CCC(F)(F)C3)[nH]c2c1. The number of alkyl halides is 2. The summed E-state index contributed by atoms with van der Waals surface area (Å²) >= 11 is 0. The zero-order valence-electron chi connectivity index (χ0n) is 16.5. The molecule has 0 bridgehead atoms. The molecule has 0 saturated carbocycles. The second kappa shape index (κ2) is 6.75. The largest absolute Gasteiger partial charge is 0.365 e. The van der Waals surface area contributed by atoms with Crippen LogP contribution in [-0.2, 0) is 10.0 Å². The Morgan fingerprint density at radius 3 is 2.60 bits per heavy atom. The number of nitrogens with one attached hydrogen (secondary N) is 1. The van der Waals surface area contributed by atoms with Crippen LogP contribution < -0.4 is 4.90 Å². The van der Waals surface area contributed by atoms with Gasteiger partial charge in [-0.05, 0) is 49.2 Å². The highest BCUT2D eigenvalue weighted by Gasteiger charge is 2.39. The van der Waals surface area contributed by atoms with E-state index in [0.29, 0.717) is 30.0 Å². The van der Waals surface area contributed by atoms with Gasteiger partial charge in [0.25, 0.3) is 5.92 Å². The van der Waals surface area contributed by atoms with E-state index in [0.717, 1.165) is 23.0 Å². The van der Waals surface area contributed by atoms with E-state index in [1.54, 1.807) is 23.2 Å². The van der Waals surface area contributed by atoms with E-state index in [4.69, 9.17) is 0 Å². The number of anilines is 1. The van der Waals surface area contributed by atoms with Gasteiger partial charge in [-0.15, -0.1) is 0 Å². The van der Waals surface area contributed by atoms with E-state index >= 15 is 0 Å². The van der Waals surface area contributed by atoms with Crippen molar-refractivity contribution < 1.29 is 17.2 Å². The Morgan fingerprint density at radius 1 is 1.13 bits per heavy atom. The van der Waals surface area contributed by atoms with Crippen LogP contribution in [0.25, 0.3) is 22.3 Å². The molecule has 2 aliphatic heterocycles. The maximum atomic E-state index is 13.9. The van der Waals surface area contributed by atoms with E-state index in [1.165, 1.54) is 10.4 Å². The van der Waals surface area contributed by atoms with Gasteiger partial charge in [0, 0.05) is 43.5 Å². The summed E-state index contributed by atoms with van der Waals surface area (Å²) in [7, 11) is -3.60. The highest BCUT2D eigenvalue weighted by molar-refractivity contribution is 7.89. The van der Waals surface area contributed by atoms with E-state index in [9.17, 15) is 17.2 Å². The number of halogens is 2. The fourth-order valence-corrected chi connectivity index (χ4v) is 5.59. The number of fused-ring (bicyclic) bond motifs is 1. The average molecular weight is 432 g/mol. The fraction of sp³-hybridized carbons (Fsp3) is 0.381. The van der Waals surface area contributed by atoms with Crippen molar-refractivity contribution in [3.05, 3.63) is 42.1 Å². The number of sulfonamides is 1. The van der Waals surface area contributed by atoms with Gasteiger partial charge in [-0.1, -0.05) is 0 Å². The van der Waals surface area contributed by atoms with Crippen LogP contribution in [0.1, 0.15) is 18.4 Å². The number of rotatable bonds is 4. The maximum Gasteiger partial charge on any atom is 0.266 e. The van der Waals surface area contributed by atoms with Crippen molar-refractivity contribution in [2.45, 2.75) is 30.6 Å². The number of aromatic amines is 1. The van der Waals surface area contributed by atoms with E-state index in [2.05, 4.69) is 9.97 Å². The van der Waals surface area contributed by atoms with Crippen LogP contribution in [0.4, 0.5) is 14.5 Å². The number of benzene rings is 1. The third-order valence-electron chi connectivity index (χ3n) is 5.83. The minimum atomic E-state index is -3.60. The first-order chi connectivity index (χ1) is 14.2. The summed E-state index contributed by atoms with van der Waals surface area (Å²) in [6, 6.07) is 8.55. The summed E-state index contributed by atoms with van der Waals surface area (Å²) < 4.78 is 55.1. The Labute approximate surface area is 173 Å². The lowest BCUT2D eigenvalue weighted by Crippen LogP contribution is -2.41. The van der Waals surface area contributed by atoms with Crippen LogP contribution in [0, 0.1) is 6.92 Å². The number of pyridine rings is 1. The number of nitrogens with zero attached hydrogens (tertiary/aromatic N) is 3. The summed E-state index contributed by atoms with van der Waals surface area (Å²) in [6.07, 6.45) is 2.39. The molecule has 1 N–H and O–H groups in total. The smallest absolute Gasteiger partial charge is 0.266 e. The Hall–Kier alpha value is -2.52. The number of aromatic nitrogens is 2.